The summed E-state index contributed by atoms with van der Waals surface area (Å²) < 4.78 is 16.3. The van der Waals surface area contributed by atoms with Crippen molar-refractivity contribution < 1.29 is 13.7 Å². The van der Waals surface area contributed by atoms with E-state index >= 15 is 0 Å². The van der Waals surface area contributed by atoms with Crippen molar-refractivity contribution in [3.05, 3.63) is 23.8 Å². The fourth-order valence-electron chi connectivity index (χ4n) is 1.10. The molecule has 1 heterocycles. The number of benzene rings is 1. The zero-order valence-electron chi connectivity index (χ0n) is 6.77. The molecule has 0 radical (unpaired) electrons. The van der Waals surface area contributed by atoms with Gasteiger partial charge in [-0.3, -0.25) is 4.79 Å². The van der Waals surface area contributed by atoms with Crippen LogP contribution in [-0.4, -0.2) is 16.4 Å². The maximum absolute atomic E-state index is 11.3. The van der Waals surface area contributed by atoms with Crippen molar-refractivity contribution in [1.29, 1.82) is 0 Å². The molecule has 0 aromatic heterocycles. The first-order chi connectivity index (χ1) is 6.22. The first-order valence-corrected chi connectivity index (χ1v) is 6.03. The molecule has 0 amide bonds. The molecule has 0 saturated carbocycles. The van der Waals surface area contributed by atoms with E-state index in [1.807, 2.05) is 0 Å². The average Bonchev–Trinajstić information content (AvgIpc) is 2.42. The van der Waals surface area contributed by atoms with Crippen LogP contribution in [0.15, 0.2) is 23.1 Å². The van der Waals surface area contributed by atoms with Crippen LogP contribution in [0.1, 0.15) is 10.4 Å². The summed E-state index contributed by atoms with van der Waals surface area (Å²) in [4.78, 5) is 11.9. The lowest BCUT2D eigenvalue weighted by Gasteiger charge is -1.99. The minimum absolute atomic E-state index is 0.146. The molecule has 5 heteroatoms. The number of hydrogen-bond donors (Lipinski definition) is 0. The quantitative estimate of drug-likeness (QED) is 0.666. The Morgan fingerprint density at radius 3 is 2.92 bits per heavy atom. The Morgan fingerprint density at radius 1 is 1.46 bits per heavy atom. The normalized spacial score (nSPS) is 20.1. The lowest BCUT2D eigenvalue weighted by Crippen LogP contribution is -1.90. The minimum Gasteiger partial charge on any atom is -0.497 e. The number of rotatable bonds is 1. The predicted molar refractivity (Wildman–Crippen MR) is 51.3 cm³/mol. The van der Waals surface area contributed by atoms with E-state index in [0.29, 0.717) is 16.2 Å². The largest absolute Gasteiger partial charge is 0.497 e. The Balaban J connectivity index is 2.58. The second-order valence-electron chi connectivity index (χ2n) is 2.47. The summed E-state index contributed by atoms with van der Waals surface area (Å²) in [6.07, 6.45) is 0. The van der Waals surface area contributed by atoms with Crippen molar-refractivity contribution in [3.63, 3.8) is 0 Å². The molecule has 0 spiro atoms. The summed E-state index contributed by atoms with van der Waals surface area (Å²) in [5, 5.41) is -0.146. The van der Waals surface area contributed by atoms with Gasteiger partial charge in [0.2, 0.25) is 5.12 Å². The van der Waals surface area contributed by atoms with E-state index in [9.17, 15) is 9.00 Å². The Bertz CT molecular complexity index is 400. The third kappa shape index (κ3) is 1.38. The lowest BCUT2D eigenvalue weighted by atomic mass is 10.2. The van der Waals surface area contributed by atoms with Crippen molar-refractivity contribution in [2.24, 2.45) is 0 Å². The maximum atomic E-state index is 11.3. The highest BCUT2D eigenvalue weighted by molar-refractivity contribution is 8.76. The molecule has 1 unspecified atom stereocenters. The molecule has 13 heavy (non-hydrogen) atoms. The van der Waals surface area contributed by atoms with Gasteiger partial charge in [0.15, 0.2) is 0 Å². The van der Waals surface area contributed by atoms with Crippen LogP contribution in [0.4, 0.5) is 0 Å². The van der Waals surface area contributed by atoms with Gasteiger partial charge in [-0.2, -0.15) is 0 Å². The standard InChI is InChI=1S/C8H6O3S2/c1-11-5-2-3-7-6(4-5)8(9)12-13(7)10/h2-4H,1H3. The molecule has 1 atom stereocenters. The second-order valence-corrected chi connectivity index (χ2v) is 5.32. The van der Waals surface area contributed by atoms with Gasteiger partial charge in [0.25, 0.3) is 0 Å². The van der Waals surface area contributed by atoms with Crippen molar-refractivity contribution >= 4 is 25.7 Å². The van der Waals surface area contributed by atoms with Crippen LogP contribution >= 0.6 is 10.8 Å². The van der Waals surface area contributed by atoms with E-state index in [4.69, 9.17) is 4.74 Å². The molecule has 1 aliphatic heterocycles. The van der Waals surface area contributed by atoms with Crippen molar-refractivity contribution in [3.8, 4) is 5.75 Å². The minimum atomic E-state index is -1.23. The van der Waals surface area contributed by atoms with Gasteiger partial charge < -0.3 is 4.74 Å². The van der Waals surface area contributed by atoms with E-state index in [1.54, 1.807) is 18.2 Å². The van der Waals surface area contributed by atoms with Crippen LogP contribution in [0.3, 0.4) is 0 Å². The van der Waals surface area contributed by atoms with Gasteiger partial charge in [0.1, 0.15) is 15.6 Å². The van der Waals surface area contributed by atoms with Crippen LogP contribution < -0.4 is 4.74 Å². The zero-order valence-corrected chi connectivity index (χ0v) is 8.41. The van der Waals surface area contributed by atoms with Gasteiger partial charge in [-0.05, 0) is 18.2 Å². The SMILES string of the molecule is COc1ccc2c(c1)C(=O)SS2=O. The number of ether oxygens (including phenoxy) is 1. The summed E-state index contributed by atoms with van der Waals surface area (Å²) in [7, 11) is 1.15. The van der Waals surface area contributed by atoms with E-state index in [0.717, 1.165) is 10.8 Å². The molecule has 0 saturated heterocycles. The van der Waals surface area contributed by atoms with Crippen molar-refractivity contribution in [2.75, 3.05) is 7.11 Å². The first kappa shape index (κ1) is 8.77. The number of fused-ring (bicyclic) bond motifs is 1. The molecule has 68 valence electrons. The van der Waals surface area contributed by atoms with Gasteiger partial charge in [0, 0.05) is 10.8 Å². The van der Waals surface area contributed by atoms with Gasteiger partial charge in [0.05, 0.1) is 17.6 Å². The zero-order chi connectivity index (χ0) is 9.42. The first-order valence-electron chi connectivity index (χ1n) is 3.55. The summed E-state index contributed by atoms with van der Waals surface area (Å²) >= 11 is 0. The van der Waals surface area contributed by atoms with Gasteiger partial charge in [-0.1, -0.05) is 0 Å². The van der Waals surface area contributed by atoms with Crippen molar-refractivity contribution in [1.82, 2.24) is 0 Å². The maximum Gasteiger partial charge on any atom is 0.233 e. The van der Waals surface area contributed by atoms with Gasteiger partial charge in [-0.25, -0.2) is 4.21 Å². The van der Waals surface area contributed by atoms with E-state index in [-0.39, 0.29) is 5.12 Å². The fourth-order valence-corrected chi connectivity index (χ4v) is 3.55. The average molecular weight is 214 g/mol. The molecular weight excluding hydrogens is 208 g/mol. The molecule has 1 aliphatic rings. The fraction of sp³-hybridized carbons (Fsp3) is 0.125. The van der Waals surface area contributed by atoms with E-state index in [2.05, 4.69) is 0 Å². The van der Waals surface area contributed by atoms with Crippen LogP contribution in [0.25, 0.3) is 0 Å². The second kappa shape index (κ2) is 3.16. The Morgan fingerprint density at radius 2 is 2.23 bits per heavy atom. The summed E-state index contributed by atoms with van der Waals surface area (Å²) in [6.45, 7) is 0. The third-order valence-electron chi connectivity index (χ3n) is 1.74. The van der Waals surface area contributed by atoms with Crippen molar-refractivity contribution in [2.45, 2.75) is 4.90 Å². The number of hydrogen-bond acceptors (Lipinski definition) is 4. The molecule has 0 fully saturated rings. The Kier molecular flexibility index (Phi) is 2.13. The molecule has 3 nitrogen and oxygen atoms in total. The number of carbonyl (C=O) groups excluding carboxylic acids is 1. The molecule has 0 aliphatic carbocycles. The summed E-state index contributed by atoms with van der Waals surface area (Å²) in [5.41, 5.74) is 0.502. The van der Waals surface area contributed by atoms with Gasteiger partial charge >= 0.3 is 0 Å². The molecular formula is C8H6O3S2. The summed E-state index contributed by atoms with van der Waals surface area (Å²) in [6, 6.07) is 4.99. The highest BCUT2D eigenvalue weighted by atomic mass is 33.1. The lowest BCUT2D eigenvalue weighted by molar-refractivity contribution is 0.108. The number of carbonyl (C=O) groups is 1. The summed E-state index contributed by atoms with van der Waals surface area (Å²) in [5.74, 6) is 0.617. The molecule has 0 N–H and O–H groups in total. The number of methoxy groups -OCH3 is 1. The highest BCUT2D eigenvalue weighted by Gasteiger charge is 2.27. The van der Waals surface area contributed by atoms with Gasteiger partial charge in [-0.15, -0.1) is 0 Å². The topological polar surface area (TPSA) is 43.4 Å². The van der Waals surface area contributed by atoms with Crippen LogP contribution in [0, 0.1) is 0 Å². The Labute approximate surface area is 81.3 Å². The Hall–Kier alpha value is -0.810. The molecule has 2 rings (SSSR count). The van der Waals surface area contributed by atoms with Crippen LogP contribution in [-0.2, 0) is 9.83 Å². The smallest absolute Gasteiger partial charge is 0.233 e. The molecule has 0 bridgehead atoms. The predicted octanol–water partition coefficient (Wildman–Crippen LogP) is 1.60. The van der Waals surface area contributed by atoms with Crippen LogP contribution in [0.2, 0.25) is 0 Å². The molecule has 1 aromatic rings. The van der Waals surface area contributed by atoms with E-state index < -0.39 is 9.83 Å². The third-order valence-corrected chi connectivity index (χ3v) is 4.42. The van der Waals surface area contributed by atoms with E-state index in [1.165, 1.54) is 7.11 Å². The van der Waals surface area contributed by atoms with Crippen LogP contribution in [0.5, 0.6) is 5.75 Å². The molecule has 1 aromatic carbocycles. The monoisotopic (exact) mass is 214 g/mol. The highest BCUT2D eigenvalue weighted by Crippen LogP contribution is 2.36.